The summed E-state index contributed by atoms with van der Waals surface area (Å²) in [6.07, 6.45) is -3.46. The number of amides is 2. The van der Waals surface area contributed by atoms with Gasteiger partial charge < -0.3 is 15.4 Å². The topological polar surface area (TPSA) is 91.2 Å². The van der Waals surface area contributed by atoms with Crippen LogP contribution in [0.25, 0.3) is 6.08 Å². The number of alkyl halides is 3. The van der Waals surface area contributed by atoms with Gasteiger partial charge in [-0.3, -0.25) is 9.59 Å². The van der Waals surface area contributed by atoms with Crippen LogP contribution in [0.3, 0.4) is 0 Å². The molecule has 0 unspecified atom stereocenters. The van der Waals surface area contributed by atoms with Crippen LogP contribution in [0.15, 0.2) is 66.2 Å². The van der Waals surface area contributed by atoms with Crippen LogP contribution in [-0.4, -0.2) is 18.4 Å². The summed E-state index contributed by atoms with van der Waals surface area (Å²) in [5.74, 6) is -1.37. The van der Waals surface area contributed by atoms with Crippen LogP contribution in [0.4, 0.5) is 24.5 Å². The largest absolute Gasteiger partial charge is 0.483 e. The molecule has 0 spiro atoms. The van der Waals surface area contributed by atoms with Gasteiger partial charge in [0.05, 0.1) is 15.6 Å². The SMILES string of the molecule is N#C/C(=C\c1cc(Cl)ccc1OCC(=O)Nc1ccc(Cl)c(Cl)c1)C(=O)Nc1cccc(C(F)(F)F)c1. The lowest BCUT2D eigenvalue weighted by Gasteiger charge is -2.12. The summed E-state index contributed by atoms with van der Waals surface area (Å²) in [6.45, 7) is -0.443. The number of hydrogen-bond donors (Lipinski definition) is 2. The highest BCUT2D eigenvalue weighted by Crippen LogP contribution is 2.31. The van der Waals surface area contributed by atoms with Gasteiger partial charge in [0.25, 0.3) is 11.8 Å². The third kappa shape index (κ3) is 7.89. The highest BCUT2D eigenvalue weighted by atomic mass is 35.5. The second-order valence-corrected chi connectivity index (χ2v) is 8.60. The molecular formula is C25H15Cl3F3N3O3. The standard InChI is InChI=1S/C25H15Cl3F3N3O3/c26-17-4-7-22(37-13-23(35)33-19-5-6-20(27)21(28)11-19)14(9-17)8-15(12-32)24(36)34-18-3-1-2-16(10-18)25(29,30)31/h1-11H,13H2,(H,33,35)(H,34,36)/b15-8+. The van der Waals surface area contributed by atoms with Gasteiger partial charge in [-0.1, -0.05) is 40.9 Å². The minimum absolute atomic E-state index is 0.119. The monoisotopic (exact) mass is 567 g/mol. The second-order valence-electron chi connectivity index (χ2n) is 7.35. The molecule has 2 amide bonds. The van der Waals surface area contributed by atoms with Crippen LogP contribution in [0.2, 0.25) is 15.1 Å². The molecule has 37 heavy (non-hydrogen) atoms. The Morgan fingerprint density at radius 2 is 1.68 bits per heavy atom. The van der Waals surface area contributed by atoms with Gasteiger partial charge in [-0.2, -0.15) is 18.4 Å². The zero-order chi connectivity index (χ0) is 27.2. The average Bonchev–Trinajstić information content (AvgIpc) is 2.83. The van der Waals surface area contributed by atoms with Crippen LogP contribution in [-0.2, 0) is 15.8 Å². The number of benzene rings is 3. The molecule has 0 heterocycles. The molecule has 0 atom stereocenters. The molecule has 0 aliphatic rings. The summed E-state index contributed by atoms with van der Waals surface area (Å²) in [6, 6.07) is 14.5. The predicted octanol–water partition coefficient (Wildman–Crippen LogP) is 7.23. The first-order valence-electron chi connectivity index (χ1n) is 10.2. The summed E-state index contributed by atoms with van der Waals surface area (Å²) in [5.41, 5.74) is -0.979. The van der Waals surface area contributed by atoms with Crippen molar-refractivity contribution in [2.45, 2.75) is 6.18 Å². The first-order valence-corrected chi connectivity index (χ1v) is 11.4. The van der Waals surface area contributed by atoms with Crippen molar-refractivity contribution < 1.29 is 27.5 Å². The lowest BCUT2D eigenvalue weighted by atomic mass is 10.1. The van der Waals surface area contributed by atoms with Gasteiger partial charge in [0.1, 0.15) is 17.4 Å². The molecular weight excluding hydrogens is 554 g/mol. The highest BCUT2D eigenvalue weighted by Gasteiger charge is 2.30. The first-order chi connectivity index (χ1) is 17.5. The van der Waals surface area contributed by atoms with Crippen molar-refractivity contribution in [1.82, 2.24) is 0 Å². The van der Waals surface area contributed by atoms with Crippen LogP contribution < -0.4 is 15.4 Å². The van der Waals surface area contributed by atoms with Crippen LogP contribution in [0.5, 0.6) is 5.75 Å². The van der Waals surface area contributed by atoms with Crippen molar-refractivity contribution in [2.24, 2.45) is 0 Å². The van der Waals surface area contributed by atoms with Crippen LogP contribution >= 0.6 is 34.8 Å². The number of nitrogens with zero attached hydrogens (tertiary/aromatic N) is 1. The zero-order valence-electron chi connectivity index (χ0n) is 18.5. The lowest BCUT2D eigenvalue weighted by Crippen LogP contribution is -2.20. The molecule has 3 rings (SSSR count). The van der Waals surface area contributed by atoms with E-state index in [1.165, 1.54) is 36.4 Å². The van der Waals surface area contributed by atoms with Gasteiger partial charge in [0, 0.05) is 22.0 Å². The quantitative estimate of drug-likeness (QED) is 0.232. The van der Waals surface area contributed by atoms with E-state index in [1.807, 2.05) is 0 Å². The number of rotatable bonds is 7. The number of ether oxygens (including phenoxy) is 1. The van der Waals surface area contributed by atoms with Crippen molar-refractivity contribution in [2.75, 3.05) is 17.2 Å². The Kier molecular flexibility index (Phi) is 9.05. The normalized spacial score (nSPS) is 11.4. The van der Waals surface area contributed by atoms with Gasteiger partial charge in [-0.05, 0) is 60.7 Å². The molecule has 6 nitrogen and oxygen atoms in total. The van der Waals surface area contributed by atoms with Crippen molar-refractivity contribution in [1.29, 1.82) is 5.26 Å². The molecule has 3 aromatic rings. The fraction of sp³-hybridized carbons (Fsp3) is 0.0800. The maximum atomic E-state index is 12.9. The maximum Gasteiger partial charge on any atom is 0.416 e. The molecule has 3 aromatic carbocycles. The number of nitrogens with one attached hydrogen (secondary N) is 2. The molecule has 0 radical (unpaired) electrons. The summed E-state index contributed by atoms with van der Waals surface area (Å²) in [7, 11) is 0. The molecule has 0 aliphatic carbocycles. The average molecular weight is 569 g/mol. The van der Waals surface area contributed by atoms with Crippen LogP contribution in [0.1, 0.15) is 11.1 Å². The maximum absolute atomic E-state index is 12.9. The minimum atomic E-state index is -4.60. The van der Waals surface area contributed by atoms with E-state index >= 15 is 0 Å². The van der Waals surface area contributed by atoms with Gasteiger partial charge in [-0.25, -0.2) is 0 Å². The summed E-state index contributed by atoms with van der Waals surface area (Å²) in [4.78, 5) is 24.9. The Morgan fingerprint density at radius 3 is 2.35 bits per heavy atom. The molecule has 0 bridgehead atoms. The molecule has 0 aromatic heterocycles. The zero-order valence-corrected chi connectivity index (χ0v) is 20.8. The van der Waals surface area contributed by atoms with Crippen LogP contribution in [0, 0.1) is 11.3 Å². The van der Waals surface area contributed by atoms with Gasteiger partial charge in [-0.15, -0.1) is 0 Å². The van der Waals surface area contributed by atoms with E-state index in [4.69, 9.17) is 39.5 Å². The molecule has 2 N–H and O–H groups in total. The summed E-state index contributed by atoms with van der Waals surface area (Å²) in [5, 5.41) is 15.1. The van der Waals surface area contributed by atoms with Crippen molar-refractivity contribution in [3.8, 4) is 11.8 Å². The van der Waals surface area contributed by atoms with Crippen molar-refractivity contribution in [3.63, 3.8) is 0 Å². The predicted molar refractivity (Wildman–Crippen MR) is 136 cm³/mol. The minimum Gasteiger partial charge on any atom is -0.483 e. The van der Waals surface area contributed by atoms with E-state index in [-0.39, 0.29) is 27.0 Å². The Balaban J connectivity index is 1.76. The number of carbonyl (C=O) groups is 2. The first kappa shape index (κ1) is 27.9. The smallest absolute Gasteiger partial charge is 0.416 e. The number of halogens is 6. The molecule has 0 saturated carbocycles. The molecule has 0 saturated heterocycles. The third-order valence-corrected chi connectivity index (χ3v) is 5.62. The van der Waals surface area contributed by atoms with Crippen molar-refractivity contribution >= 4 is 64.1 Å². The molecule has 0 aliphatic heterocycles. The summed E-state index contributed by atoms with van der Waals surface area (Å²) < 4.78 is 44.4. The fourth-order valence-electron chi connectivity index (χ4n) is 2.95. The van der Waals surface area contributed by atoms with E-state index in [0.717, 1.165) is 24.3 Å². The number of carbonyl (C=O) groups excluding carboxylic acids is 2. The van der Waals surface area contributed by atoms with E-state index in [1.54, 1.807) is 12.1 Å². The Hall–Kier alpha value is -3.71. The Bertz CT molecular complexity index is 1420. The second kappa shape index (κ2) is 12.0. The van der Waals surface area contributed by atoms with Crippen molar-refractivity contribution in [3.05, 3.63) is 92.4 Å². The van der Waals surface area contributed by atoms with E-state index in [2.05, 4.69) is 10.6 Å². The number of hydrogen-bond acceptors (Lipinski definition) is 4. The molecule has 190 valence electrons. The van der Waals surface area contributed by atoms with Gasteiger partial charge in [0.15, 0.2) is 6.61 Å². The lowest BCUT2D eigenvalue weighted by molar-refractivity contribution is -0.137. The third-order valence-electron chi connectivity index (χ3n) is 4.65. The Morgan fingerprint density at radius 1 is 0.946 bits per heavy atom. The van der Waals surface area contributed by atoms with E-state index in [9.17, 15) is 28.0 Å². The highest BCUT2D eigenvalue weighted by molar-refractivity contribution is 6.42. The number of nitriles is 1. The Labute approximate surface area is 224 Å². The van der Waals surface area contributed by atoms with Gasteiger partial charge in [0.2, 0.25) is 0 Å². The number of anilines is 2. The van der Waals surface area contributed by atoms with E-state index < -0.39 is 35.7 Å². The molecule has 12 heteroatoms. The fourth-order valence-corrected chi connectivity index (χ4v) is 3.43. The van der Waals surface area contributed by atoms with E-state index in [0.29, 0.717) is 10.7 Å². The van der Waals surface area contributed by atoms with Gasteiger partial charge >= 0.3 is 6.18 Å². The molecule has 0 fully saturated rings. The summed E-state index contributed by atoms with van der Waals surface area (Å²) >= 11 is 17.8.